The van der Waals surface area contributed by atoms with E-state index in [1.54, 1.807) is 0 Å². The summed E-state index contributed by atoms with van der Waals surface area (Å²) in [5.74, 6) is 1.73. The van der Waals surface area contributed by atoms with Crippen LogP contribution in [0.15, 0.2) is 29.3 Å². The van der Waals surface area contributed by atoms with Crippen molar-refractivity contribution in [2.45, 2.75) is 25.3 Å². The minimum absolute atomic E-state index is 0. The summed E-state index contributed by atoms with van der Waals surface area (Å²) in [6, 6.07) is 7.43. The Kier molecular flexibility index (Phi) is 11.5. The molecule has 0 amide bonds. The molecule has 0 saturated carbocycles. The zero-order valence-electron chi connectivity index (χ0n) is 17.4. The van der Waals surface area contributed by atoms with Gasteiger partial charge in [0.2, 0.25) is 0 Å². The van der Waals surface area contributed by atoms with Gasteiger partial charge in [0.25, 0.3) is 0 Å². The van der Waals surface area contributed by atoms with Crippen LogP contribution in [0.2, 0.25) is 5.02 Å². The molecule has 0 aromatic heterocycles. The number of halogens is 2. The fourth-order valence-electron chi connectivity index (χ4n) is 3.13. The van der Waals surface area contributed by atoms with E-state index in [-0.39, 0.29) is 29.5 Å². The minimum Gasteiger partial charge on any atom is -0.492 e. The standard InChI is InChI=1S/C20H33ClN4O2.HI/c1-5-22-19(23-16-20(24(2)3)10-13-26-14-11-20)25(4)12-15-27-18-8-6-17(21)7-9-18;/h6-9H,5,10-16H2,1-4H3,(H,22,23);1H. The molecule has 1 aliphatic heterocycles. The third-order valence-corrected chi connectivity index (χ3v) is 5.35. The highest BCUT2D eigenvalue weighted by Gasteiger charge is 2.34. The van der Waals surface area contributed by atoms with Crippen LogP contribution in [-0.2, 0) is 4.74 Å². The number of hydrogen-bond donors (Lipinski definition) is 1. The summed E-state index contributed by atoms with van der Waals surface area (Å²) in [5, 5.41) is 4.10. The maximum Gasteiger partial charge on any atom is 0.193 e. The molecule has 1 fully saturated rings. The first-order valence-corrected chi connectivity index (χ1v) is 9.97. The third-order valence-electron chi connectivity index (χ3n) is 5.10. The van der Waals surface area contributed by atoms with Crippen LogP contribution >= 0.6 is 35.6 Å². The van der Waals surface area contributed by atoms with Crippen LogP contribution in [0.1, 0.15) is 19.8 Å². The average molecular weight is 525 g/mol. The van der Waals surface area contributed by atoms with E-state index in [0.29, 0.717) is 11.6 Å². The summed E-state index contributed by atoms with van der Waals surface area (Å²) >= 11 is 5.91. The summed E-state index contributed by atoms with van der Waals surface area (Å²) < 4.78 is 11.4. The van der Waals surface area contributed by atoms with Crippen molar-refractivity contribution in [3.63, 3.8) is 0 Å². The first-order chi connectivity index (χ1) is 13.0. The Morgan fingerprint density at radius 2 is 1.86 bits per heavy atom. The van der Waals surface area contributed by atoms with Crippen molar-refractivity contribution >= 4 is 41.5 Å². The Labute approximate surface area is 191 Å². The summed E-state index contributed by atoms with van der Waals surface area (Å²) in [6.07, 6.45) is 2.01. The molecule has 8 heteroatoms. The lowest BCUT2D eigenvalue weighted by Crippen LogP contribution is -2.52. The van der Waals surface area contributed by atoms with E-state index in [0.717, 1.165) is 57.4 Å². The van der Waals surface area contributed by atoms with Gasteiger partial charge in [0.1, 0.15) is 12.4 Å². The van der Waals surface area contributed by atoms with Crippen LogP contribution in [-0.4, -0.2) is 81.9 Å². The number of aliphatic imine (C=N–C) groups is 1. The molecule has 0 aliphatic carbocycles. The molecule has 0 atom stereocenters. The normalized spacial score (nSPS) is 16.4. The number of rotatable bonds is 8. The van der Waals surface area contributed by atoms with E-state index in [9.17, 15) is 0 Å². The molecule has 2 rings (SSSR count). The van der Waals surface area contributed by atoms with Crippen molar-refractivity contribution in [3.8, 4) is 5.75 Å². The van der Waals surface area contributed by atoms with E-state index in [4.69, 9.17) is 26.1 Å². The number of nitrogens with one attached hydrogen (secondary N) is 1. The van der Waals surface area contributed by atoms with E-state index in [1.807, 2.05) is 31.3 Å². The van der Waals surface area contributed by atoms with Crippen LogP contribution in [0, 0.1) is 0 Å². The van der Waals surface area contributed by atoms with Crippen molar-refractivity contribution < 1.29 is 9.47 Å². The minimum atomic E-state index is 0. The van der Waals surface area contributed by atoms with Gasteiger partial charge in [-0.15, -0.1) is 24.0 Å². The molecule has 1 N–H and O–H groups in total. The number of hydrogen-bond acceptors (Lipinski definition) is 4. The molecule has 160 valence electrons. The molecular weight excluding hydrogens is 491 g/mol. The van der Waals surface area contributed by atoms with Crippen LogP contribution < -0.4 is 10.1 Å². The Morgan fingerprint density at radius 3 is 2.43 bits per heavy atom. The molecule has 1 aromatic carbocycles. The average Bonchev–Trinajstić information content (AvgIpc) is 2.67. The highest BCUT2D eigenvalue weighted by atomic mass is 127. The van der Waals surface area contributed by atoms with Gasteiger partial charge in [-0.25, -0.2) is 0 Å². The lowest BCUT2D eigenvalue weighted by Gasteiger charge is -2.42. The second-order valence-corrected chi connectivity index (χ2v) is 7.56. The lowest BCUT2D eigenvalue weighted by atomic mass is 9.89. The van der Waals surface area contributed by atoms with Crippen LogP contribution in [0.25, 0.3) is 0 Å². The molecule has 1 heterocycles. The molecule has 1 saturated heterocycles. The molecule has 6 nitrogen and oxygen atoms in total. The number of likely N-dealkylation sites (N-methyl/N-ethyl adjacent to an activating group) is 2. The number of guanidine groups is 1. The van der Waals surface area contributed by atoms with Gasteiger partial charge < -0.3 is 24.6 Å². The molecular formula is C20H34ClIN4O2. The van der Waals surface area contributed by atoms with E-state index >= 15 is 0 Å². The quantitative estimate of drug-likeness (QED) is 0.321. The molecule has 28 heavy (non-hydrogen) atoms. The first-order valence-electron chi connectivity index (χ1n) is 9.60. The van der Waals surface area contributed by atoms with Gasteiger partial charge in [0.15, 0.2) is 5.96 Å². The molecule has 1 aliphatic rings. The molecule has 0 unspecified atom stereocenters. The van der Waals surface area contributed by atoms with Gasteiger partial charge in [-0.3, -0.25) is 4.99 Å². The van der Waals surface area contributed by atoms with Crippen LogP contribution in [0.5, 0.6) is 5.75 Å². The maximum absolute atomic E-state index is 5.91. The largest absolute Gasteiger partial charge is 0.492 e. The highest BCUT2D eigenvalue weighted by molar-refractivity contribution is 14.0. The monoisotopic (exact) mass is 524 g/mol. The maximum atomic E-state index is 5.91. The number of ether oxygens (including phenoxy) is 2. The van der Waals surface area contributed by atoms with Gasteiger partial charge in [0, 0.05) is 37.4 Å². The fourth-order valence-corrected chi connectivity index (χ4v) is 3.25. The van der Waals surface area contributed by atoms with E-state index in [2.05, 4.69) is 36.1 Å². The van der Waals surface area contributed by atoms with Crippen LogP contribution in [0.4, 0.5) is 0 Å². The Morgan fingerprint density at radius 1 is 1.21 bits per heavy atom. The van der Waals surface area contributed by atoms with E-state index in [1.165, 1.54) is 0 Å². The smallest absolute Gasteiger partial charge is 0.193 e. The lowest BCUT2D eigenvalue weighted by molar-refractivity contribution is -0.00263. The topological polar surface area (TPSA) is 49.3 Å². The Bertz CT molecular complexity index is 592. The van der Waals surface area contributed by atoms with Crippen molar-refractivity contribution in [2.75, 3.05) is 60.6 Å². The van der Waals surface area contributed by atoms with Gasteiger partial charge in [-0.2, -0.15) is 0 Å². The summed E-state index contributed by atoms with van der Waals surface area (Å²) in [5.41, 5.74) is 0.0690. The van der Waals surface area contributed by atoms with Crippen LogP contribution in [0.3, 0.4) is 0 Å². The van der Waals surface area contributed by atoms with E-state index < -0.39 is 0 Å². The van der Waals surface area contributed by atoms with Crippen molar-refractivity contribution in [3.05, 3.63) is 29.3 Å². The summed E-state index contributed by atoms with van der Waals surface area (Å²) in [7, 11) is 6.31. The fraction of sp³-hybridized carbons (Fsp3) is 0.650. The highest BCUT2D eigenvalue weighted by Crippen LogP contribution is 2.26. The van der Waals surface area contributed by atoms with Gasteiger partial charge >= 0.3 is 0 Å². The SMILES string of the molecule is CCNC(=NCC1(N(C)C)CCOCC1)N(C)CCOc1ccc(Cl)cc1.I. The van der Waals surface area contributed by atoms with Gasteiger partial charge in [-0.1, -0.05) is 11.6 Å². The van der Waals surface area contributed by atoms with Crippen molar-refractivity contribution in [2.24, 2.45) is 4.99 Å². The molecule has 1 aromatic rings. The second-order valence-electron chi connectivity index (χ2n) is 7.13. The predicted octanol–water partition coefficient (Wildman–Crippen LogP) is 3.34. The zero-order chi connectivity index (χ0) is 19.7. The molecule has 0 bridgehead atoms. The third kappa shape index (κ3) is 7.57. The Hall–Kier alpha value is -0.770. The summed E-state index contributed by atoms with van der Waals surface area (Å²) in [4.78, 5) is 9.34. The number of nitrogens with zero attached hydrogens (tertiary/aromatic N) is 3. The van der Waals surface area contributed by atoms with Gasteiger partial charge in [-0.05, 0) is 58.1 Å². The van der Waals surface area contributed by atoms with Gasteiger partial charge in [0.05, 0.1) is 13.1 Å². The zero-order valence-corrected chi connectivity index (χ0v) is 20.5. The Balaban J connectivity index is 0.00000392. The summed E-state index contributed by atoms with van der Waals surface area (Å²) in [6.45, 7) is 6.60. The second kappa shape index (κ2) is 12.7. The molecule has 0 spiro atoms. The van der Waals surface area contributed by atoms with Crippen molar-refractivity contribution in [1.29, 1.82) is 0 Å². The molecule has 0 radical (unpaired) electrons. The first kappa shape index (κ1) is 25.3. The predicted molar refractivity (Wildman–Crippen MR) is 127 cm³/mol. The van der Waals surface area contributed by atoms with Crippen molar-refractivity contribution in [1.82, 2.24) is 15.1 Å². The number of benzene rings is 1.